The standard InChI is InChI=1S/C16H26N2O2S2/c1-14(2)15-4-6-16(7-5-15)22(19,20)18-10-8-17(9-11-18)12-13-21-3/h4-7,14H,8-13H2,1-3H3. The number of nitrogens with zero attached hydrogens (tertiary/aromatic N) is 2. The average molecular weight is 343 g/mol. The molecule has 0 unspecified atom stereocenters. The van der Waals surface area contributed by atoms with E-state index in [0.29, 0.717) is 23.9 Å². The van der Waals surface area contributed by atoms with E-state index in [1.165, 1.54) is 5.56 Å². The number of hydrogen-bond donors (Lipinski definition) is 0. The van der Waals surface area contributed by atoms with E-state index in [0.717, 1.165) is 25.4 Å². The fraction of sp³-hybridized carbons (Fsp3) is 0.625. The molecule has 4 nitrogen and oxygen atoms in total. The molecular weight excluding hydrogens is 316 g/mol. The van der Waals surface area contributed by atoms with Crippen molar-refractivity contribution in [3.8, 4) is 0 Å². The predicted octanol–water partition coefficient (Wildman–Crippen LogP) is 2.48. The topological polar surface area (TPSA) is 40.6 Å². The van der Waals surface area contributed by atoms with E-state index in [-0.39, 0.29) is 0 Å². The van der Waals surface area contributed by atoms with Crippen LogP contribution in [0.25, 0.3) is 0 Å². The zero-order chi connectivity index (χ0) is 16.2. The summed E-state index contributed by atoms with van der Waals surface area (Å²) in [6.07, 6.45) is 2.10. The van der Waals surface area contributed by atoms with Crippen LogP contribution in [0.1, 0.15) is 25.3 Å². The van der Waals surface area contributed by atoms with Gasteiger partial charge in [0.2, 0.25) is 10.0 Å². The quantitative estimate of drug-likeness (QED) is 0.796. The van der Waals surface area contributed by atoms with Gasteiger partial charge in [0.1, 0.15) is 0 Å². The molecule has 1 aliphatic heterocycles. The van der Waals surface area contributed by atoms with Gasteiger partial charge in [-0.3, -0.25) is 4.90 Å². The van der Waals surface area contributed by atoms with Crippen LogP contribution in [0.15, 0.2) is 29.2 Å². The highest BCUT2D eigenvalue weighted by Crippen LogP contribution is 2.21. The van der Waals surface area contributed by atoms with E-state index in [9.17, 15) is 8.42 Å². The molecule has 0 aliphatic carbocycles. The Morgan fingerprint density at radius 1 is 1.09 bits per heavy atom. The van der Waals surface area contributed by atoms with Gasteiger partial charge >= 0.3 is 0 Å². The molecular formula is C16H26N2O2S2. The molecule has 0 atom stereocenters. The van der Waals surface area contributed by atoms with Gasteiger partial charge in [0, 0.05) is 38.5 Å². The first-order valence-electron chi connectivity index (χ1n) is 7.76. The first-order valence-corrected chi connectivity index (χ1v) is 10.6. The summed E-state index contributed by atoms with van der Waals surface area (Å²) in [6.45, 7) is 8.08. The smallest absolute Gasteiger partial charge is 0.243 e. The van der Waals surface area contributed by atoms with Crippen LogP contribution in [-0.2, 0) is 10.0 Å². The van der Waals surface area contributed by atoms with Gasteiger partial charge in [-0.2, -0.15) is 16.1 Å². The van der Waals surface area contributed by atoms with Crippen molar-refractivity contribution in [1.29, 1.82) is 0 Å². The molecule has 1 aromatic rings. The Labute approximate surface area is 138 Å². The molecule has 0 bridgehead atoms. The normalized spacial score (nSPS) is 18.0. The Bertz CT molecular complexity index is 562. The number of piperazine rings is 1. The second-order valence-electron chi connectivity index (χ2n) is 5.96. The van der Waals surface area contributed by atoms with Crippen LogP contribution in [-0.4, -0.2) is 62.4 Å². The third kappa shape index (κ3) is 4.25. The zero-order valence-corrected chi connectivity index (χ0v) is 15.3. The summed E-state index contributed by atoms with van der Waals surface area (Å²) in [6, 6.07) is 7.33. The van der Waals surface area contributed by atoms with Crippen LogP contribution < -0.4 is 0 Å². The van der Waals surface area contributed by atoms with Gasteiger partial charge in [0.25, 0.3) is 0 Å². The minimum atomic E-state index is -3.35. The highest BCUT2D eigenvalue weighted by atomic mass is 32.2. The molecule has 1 aliphatic rings. The number of sulfonamides is 1. The minimum Gasteiger partial charge on any atom is -0.300 e. The molecule has 1 saturated heterocycles. The van der Waals surface area contributed by atoms with Crippen LogP contribution >= 0.6 is 11.8 Å². The molecule has 6 heteroatoms. The van der Waals surface area contributed by atoms with E-state index < -0.39 is 10.0 Å². The second-order valence-corrected chi connectivity index (χ2v) is 8.89. The van der Waals surface area contributed by atoms with Gasteiger partial charge in [0.15, 0.2) is 0 Å². The monoisotopic (exact) mass is 342 g/mol. The van der Waals surface area contributed by atoms with Gasteiger partial charge in [-0.25, -0.2) is 8.42 Å². The lowest BCUT2D eigenvalue weighted by molar-refractivity contribution is 0.198. The number of hydrogen-bond acceptors (Lipinski definition) is 4. The van der Waals surface area contributed by atoms with Crippen molar-refractivity contribution < 1.29 is 8.42 Å². The third-order valence-corrected chi connectivity index (χ3v) is 6.63. The Kier molecular flexibility index (Phi) is 6.32. The molecule has 0 amide bonds. The van der Waals surface area contributed by atoms with Crippen molar-refractivity contribution in [2.24, 2.45) is 0 Å². The van der Waals surface area contributed by atoms with Crippen molar-refractivity contribution in [3.05, 3.63) is 29.8 Å². The third-order valence-electron chi connectivity index (χ3n) is 4.13. The fourth-order valence-corrected chi connectivity index (χ4v) is 4.45. The fourth-order valence-electron chi connectivity index (χ4n) is 2.59. The van der Waals surface area contributed by atoms with Gasteiger partial charge in [0.05, 0.1) is 4.90 Å². The number of benzene rings is 1. The van der Waals surface area contributed by atoms with E-state index in [2.05, 4.69) is 25.0 Å². The van der Waals surface area contributed by atoms with Crippen LogP contribution in [0.3, 0.4) is 0 Å². The van der Waals surface area contributed by atoms with Crippen molar-refractivity contribution in [1.82, 2.24) is 9.21 Å². The molecule has 0 radical (unpaired) electrons. The Balaban J connectivity index is 2.02. The summed E-state index contributed by atoms with van der Waals surface area (Å²) in [5.74, 6) is 1.51. The van der Waals surface area contributed by atoms with E-state index in [4.69, 9.17) is 0 Å². The van der Waals surface area contributed by atoms with Gasteiger partial charge in [-0.15, -0.1) is 0 Å². The van der Waals surface area contributed by atoms with Gasteiger partial charge < -0.3 is 0 Å². The molecule has 1 aromatic carbocycles. The Hall–Kier alpha value is -0.560. The molecule has 2 rings (SSSR count). The minimum absolute atomic E-state index is 0.412. The summed E-state index contributed by atoms with van der Waals surface area (Å²) < 4.78 is 27.0. The van der Waals surface area contributed by atoms with Gasteiger partial charge in [-0.05, 0) is 29.9 Å². The summed E-state index contributed by atoms with van der Waals surface area (Å²) in [4.78, 5) is 2.75. The molecule has 0 N–H and O–H groups in total. The lowest BCUT2D eigenvalue weighted by Crippen LogP contribution is -2.49. The molecule has 124 valence electrons. The predicted molar refractivity (Wildman–Crippen MR) is 94.1 cm³/mol. The highest BCUT2D eigenvalue weighted by molar-refractivity contribution is 7.98. The SMILES string of the molecule is CSCCN1CCN(S(=O)(=O)c2ccc(C(C)C)cc2)CC1. The first-order chi connectivity index (χ1) is 10.4. The molecule has 0 aromatic heterocycles. The summed E-state index contributed by atoms with van der Waals surface area (Å²) in [5.41, 5.74) is 1.17. The van der Waals surface area contributed by atoms with Crippen molar-refractivity contribution in [2.75, 3.05) is 44.7 Å². The van der Waals surface area contributed by atoms with Crippen LogP contribution in [0.5, 0.6) is 0 Å². The van der Waals surface area contributed by atoms with Gasteiger partial charge in [-0.1, -0.05) is 26.0 Å². The molecule has 1 heterocycles. The average Bonchev–Trinajstić information content (AvgIpc) is 2.53. The Morgan fingerprint density at radius 3 is 2.18 bits per heavy atom. The lowest BCUT2D eigenvalue weighted by atomic mass is 10.0. The maximum Gasteiger partial charge on any atom is 0.243 e. The van der Waals surface area contributed by atoms with Crippen molar-refractivity contribution in [2.45, 2.75) is 24.7 Å². The van der Waals surface area contributed by atoms with Crippen LogP contribution in [0, 0.1) is 0 Å². The maximum absolute atomic E-state index is 12.7. The molecule has 22 heavy (non-hydrogen) atoms. The maximum atomic E-state index is 12.7. The number of rotatable bonds is 6. The molecule has 0 spiro atoms. The van der Waals surface area contributed by atoms with E-state index in [1.54, 1.807) is 16.4 Å². The van der Waals surface area contributed by atoms with E-state index in [1.807, 2.05) is 23.9 Å². The van der Waals surface area contributed by atoms with Crippen molar-refractivity contribution in [3.63, 3.8) is 0 Å². The largest absolute Gasteiger partial charge is 0.300 e. The zero-order valence-electron chi connectivity index (χ0n) is 13.7. The summed E-state index contributed by atoms with van der Waals surface area (Å²) in [7, 11) is -3.35. The highest BCUT2D eigenvalue weighted by Gasteiger charge is 2.28. The Morgan fingerprint density at radius 2 is 1.68 bits per heavy atom. The van der Waals surface area contributed by atoms with Crippen LogP contribution in [0.4, 0.5) is 0 Å². The van der Waals surface area contributed by atoms with Crippen molar-refractivity contribution >= 4 is 21.8 Å². The number of thioether (sulfide) groups is 1. The van der Waals surface area contributed by atoms with Crippen LogP contribution in [0.2, 0.25) is 0 Å². The molecule has 1 fully saturated rings. The second kappa shape index (κ2) is 7.81. The van der Waals surface area contributed by atoms with E-state index >= 15 is 0 Å². The molecule has 0 saturated carbocycles. The first kappa shape index (κ1) is 17.8. The summed E-state index contributed by atoms with van der Waals surface area (Å²) >= 11 is 1.83. The summed E-state index contributed by atoms with van der Waals surface area (Å²) in [5, 5.41) is 0. The lowest BCUT2D eigenvalue weighted by Gasteiger charge is -2.33.